The van der Waals surface area contributed by atoms with Crippen LogP contribution in [0.1, 0.15) is 12.6 Å². The minimum absolute atomic E-state index is 0.0417. The topological polar surface area (TPSA) is 215 Å². The van der Waals surface area contributed by atoms with Crippen molar-refractivity contribution in [1.82, 2.24) is 30.0 Å². The number of thiazole rings is 1. The lowest BCUT2D eigenvalue weighted by atomic mass is 10.0. The second-order valence-corrected chi connectivity index (χ2v) is 10.7. The highest BCUT2D eigenvalue weighted by Gasteiger charge is 2.56. The summed E-state index contributed by atoms with van der Waals surface area (Å²) < 4.78 is 0.988. The number of nitrogens with two attached hydrogens (primary N) is 1. The van der Waals surface area contributed by atoms with Crippen molar-refractivity contribution < 1.29 is 24.3 Å². The van der Waals surface area contributed by atoms with Crippen LogP contribution in [0.5, 0.6) is 0 Å². The standard InChI is InChI=1S/C18H18N8O7S3/c1-5-10(36-18-23-22-12(28)14(30)25(18)2)9(16(31)32)26-13(29)8(15(26)35-5)21-11(27)7(24-33-3)6-4-34-17(19)20-6/h4-5,8,15H,1-3H3,(H2,19,20)(H,21,27)(H,22,28)(H,31,32)/t5?,8?,15-/m1/s1. The van der Waals surface area contributed by atoms with Gasteiger partial charge < -0.3 is 21.0 Å². The van der Waals surface area contributed by atoms with Gasteiger partial charge in [-0.3, -0.25) is 28.6 Å². The first kappa shape index (κ1) is 25.5. The maximum atomic E-state index is 13.0. The zero-order chi connectivity index (χ0) is 26.3. The number of aliphatic carboxylic acids is 1. The largest absolute Gasteiger partial charge is 0.477 e. The first-order valence-corrected chi connectivity index (χ1v) is 12.6. The van der Waals surface area contributed by atoms with Gasteiger partial charge in [0.1, 0.15) is 29.9 Å². The van der Waals surface area contributed by atoms with Crippen LogP contribution in [-0.2, 0) is 26.3 Å². The van der Waals surface area contributed by atoms with E-state index in [2.05, 4.69) is 25.7 Å². The summed E-state index contributed by atoms with van der Waals surface area (Å²) in [4.78, 5) is 71.6. The van der Waals surface area contributed by atoms with Crippen molar-refractivity contribution in [2.75, 3.05) is 12.8 Å². The summed E-state index contributed by atoms with van der Waals surface area (Å²) in [5.41, 5.74) is 3.51. The summed E-state index contributed by atoms with van der Waals surface area (Å²) in [6.45, 7) is 1.72. The van der Waals surface area contributed by atoms with E-state index < -0.39 is 45.6 Å². The number of oxime groups is 1. The number of nitrogens with zero attached hydrogens (tertiary/aromatic N) is 5. The van der Waals surface area contributed by atoms with Crippen LogP contribution < -0.4 is 22.2 Å². The minimum Gasteiger partial charge on any atom is -0.477 e. The first-order chi connectivity index (χ1) is 17.0. The van der Waals surface area contributed by atoms with E-state index in [0.717, 1.165) is 32.6 Å². The number of carboxylic acids is 1. The second-order valence-electron chi connectivity index (χ2n) is 7.34. The van der Waals surface area contributed by atoms with Crippen LogP contribution in [0.15, 0.2) is 35.9 Å². The number of nitrogens with one attached hydrogen (secondary N) is 2. The lowest BCUT2D eigenvalue weighted by Crippen LogP contribution is -2.71. The van der Waals surface area contributed by atoms with Gasteiger partial charge in [0.2, 0.25) is 0 Å². The molecule has 0 aromatic carbocycles. The number of amides is 2. The van der Waals surface area contributed by atoms with Crippen molar-refractivity contribution >= 4 is 63.5 Å². The number of carbonyl (C=O) groups excluding carboxylic acids is 2. The van der Waals surface area contributed by atoms with Crippen molar-refractivity contribution in [1.29, 1.82) is 0 Å². The Morgan fingerprint density at radius 1 is 1.36 bits per heavy atom. The summed E-state index contributed by atoms with van der Waals surface area (Å²) in [6.07, 6.45) is 0. The Labute approximate surface area is 213 Å². The molecule has 4 rings (SSSR count). The second kappa shape index (κ2) is 9.78. The van der Waals surface area contributed by atoms with E-state index in [1.807, 2.05) is 0 Å². The third kappa shape index (κ3) is 4.37. The van der Waals surface area contributed by atoms with Crippen LogP contribution in [0.3, 0.4) is 0 Å². The summed E-state index contributed by atoms with van der Waals surface area (Å²) in [6, 6.07) is -1.04. The number of carbonyl (C=O) groups is 3. The number of hydrogen-bond acceptors (Lipinski definition) is 13. The van der Waals surface area contributed by atoms with E-state index in [0.29, 0.717) is 0 Å². The molecule has 0 spiro atoms. The van der Waals surface area contributed by atoms with Gasteiger partial charge >= 0.3 is 17.1 Å². The number of H-pyrrole nitrogens is 1. The Morgan fingerprint density at radius 3 is 2.69 bits per heavy atom. The average Bonchev–Trinajstić information content (AvgIpc) is 3.27. The van der Waals surface area contributed by atoms with Gasteiger partial charge in [-0.05, 0) is 6.92 Å². The number of aromatic nitrogens is 4. The number of β-lactam (4-membered cyclic amide) rings is 1. The van der Waals surface area contributed by atoms with Crippen LogP contribution >= 0.6 is 34.9 Å². The van der Waals surface area contributed by atoms with Gasteiger partial charge in [-0.15, -0.1) is 28.2 Å². The van der Waals surface area contributed by atoms with Gasteiger partial charge in [0.25, 0.3) is 11.8 Å². The smallest absolute Gasteiger partial charge is 0.353 e. The predicted octanol–water partition coefficient (Wildman–Crippen LogP) is -1.27. The Kier molecular flexibility index (Phi) is 6.92. The highest BCUT2D eigenvalue weighted by molar-refractivity contribution is 8.06. The molecule has 0 aliphatic carbocycles. The normalized spacial score (nSPS) is 21.6. The fourth-order valence-electron chi connectivity index (χ4n) is 3.45. The minimum atomic E-state index is -1.37. The van der Waals surface area contributed by atoms with Gasteiger partial charge in [-0.1, -0.05) is 16.9 Å². The molecule has 18 heteroatoms. The van der Waals surface area contributed by atoms with Crippen LogP contribution in [0, 0.1) is 0 Å². The van der Waals surface area contributed by atoms with Crippen LogP contribution in [0.4, 0.5) is 5.13 Å². The Morgan fingerprint density at radius 2 is 2.08 bits per heavy atom. The maximum Gasteiger partial charge on any atom is 0.353 e. The summed E-state index contributed by atoms with van der Waals surface area (Å²) in [5.74, 6) is -2.77. The maximum absolute atomic E-state index is 13.0. The fourth-order valence-corrected chi connectivity index (χ4v) is 6.59. The van der Waals surface area contributed by atoms with Gasteiger partial charge in [0, 0.05) is 22.6 Å². The summed E-state index contributed by atoms with van der Waals surface area (Å²) in [7, 11) is 2.57. The Bertz CT molecular complexity index is 1440. The van der Waals surface area contributed by atoms with Gasteiger partial charge in [0.05, 0.1) is 0 Å². The third-order valence-corrected chi connectivity index (χ3v) is 8.67. The Balaban J connectivity index is 1.61. The van der Waals surface area contributed by atoms with Crippen LogP contribution in [0.25, 0.3) is 0 Å². The van der Waals surface area contributed by atoms with Crippen molar-refractivity contribution in [3.8, 4) is 0 Å². The molecule has 2 aliphatic rings. The highest BCUT2D eigenvalue weighted by atomic mass is 32.2. The van der Waals surface area contributed by atoms with E-state index in [1.165, 1.54) is 31.3 Å². The highest BCUT2D eigenvalue weighted by Crippen LogP contribution is 2.48. The zero-order valence-electron chi connectivity index (χ0n) is 18.7. The van der Waals surface area contributed by atoms with E-state index in [-0.39, 0.29) is 32.3 Å². The fraction of sp³-hybridized carbons (Fsp3) is 0.333. The number of hydrogen-bond donors (Lipinski definition) is 4. The van der Waals surface area contributed by atoms with E-state index in [9.17, 15) is 29.1 Å². The number of anilines is 1. The molecule has 0 radical (unpaired) electrons. The zero-order valence-corrected chi connectivity index (χ0v) is 21.2. The number of aromatic amines is 1. The molecule has 0 bridgehead atoms. The Hall–Kier alpha value is -3.64. The number of thioether (sulfide) groups is 2. The van der Waals surface area contributed by atoms with Crippen molar-refractivity contribution in [2.45, 2.75) is 28.7 Å². The molecule has 1 saturated heterocycles. The first-order valence-electron chi connectivity index (χ1n) is 9.98. The lowest BCUT2D eigenvalue weighted by Gasteiger charge is -2.50. The number of carboxylic acid groups (broad SMARTS) is 1. The molecule has 2 aliphatic heterocycles. The molecule has 0 saturated carbocycles. The molecule has 190 valence electrons. The molecule has 36 heavy (non-hydrogen) atoms. The SMILES string of the molecule is CON=C(C(=O)NC1C(=O)N2C(C(=O)O)=C(Sc3n[nH]c(=O)c(=O)n3C)C(C)S[C@H]12)c1csc(N)n1. The summed E-state index contributed by atoms with van der Waals surface area (Å²) >= 11 is 3.18. The monoisotopic (exact) mass is 554 g/mol. The number of rotatable bonds is 7. The number of fused-ring (bicyclic) bond motifs is 1. The predicted molar refractivity (Wildman–Crippen MR) is 130 cm³/mol. The molecular formula is C18H18N8O7S3. The van der Waals surface area contributed by atoms with E-state index >= 15 is 0 Å². The van der Waals surface area contributed by atoms with E-state index in [1.54, 1.807) is 6.92 Å². The van der Waals surface area contributed by atoms with Crippen molar-refractivity contribution in [3.63, 3.8) is 0 Å². The molecule has 5 N–H and O–H groups in total. The molecule has 15 nitrogen and oxygen atoms in total. The average molecular weight is 555 g/mol. The summed E-state index contributed by atoms with van der Waals surface area (Å²) in [5, 5.41) is 22.6. The van der Waals surface area contributed by atoms with Crippen LogP contribution in [-0.4, -0.2) is 77.0 Å². The number of nitrogen functional groups attached to an aromatic ring is 1. The molecule has 1 fully saturated rings. The molecule has 2 aromatic rings. The quantitative estimate of drug-likeness (QED) is 0.136. The van der Waals surface area contributed by atoms with Gasteiger partial charge in [-0.25, -0.2) is 14.9 Å². The molecule has 4 heterocycles. The lowest BCUT2D eigenvalue weighted by molar-refractivity contribution is -0.150. The van der Waals surface area contributed by atoms with E-state index in [4.69, 9.17) is 10.6 Å². The molecule has 2 unspecified atom stereocenters. The van der Waals surface area contributed by atoms with Crippen molar-refractivity contribution in [2.24, 2.45) is 12.2 Å². The van der Waals surface area contributed by atoms with Crippen molar-refractivity contribution in [3.05, 3.63) is 42.4 Å². The van der Waals surface area contributed by atoms with Gasteiger partial charge in [0.15, 0.2) is 16.0 Å². The molecular weight excluding hydrogens is 536 g/mol. The molecule has 2 amide bonds. The van der Waals surface area contributed by atoms with Crippen LogP contribution in [0.2, 0.25) is 0 Å². The molecule has 2 aromatic heterocycles. The third-order valence-electron chi connectivity index (χ3n) is 5.12. The molecule has 3 atom stereocenters. The van der Waals surface area contributed by atoms with Gasteiger partial charge in [-0.2, -0.15) is 0 Å².